The number of hydrogen-bond acceptors (Lipinski definition) is 6. The standard InChI is InChI=1S/C27H30N6O3/c1-18-10-7-8-14-22(18)25-28-23(36-30-25)17-32-15-9-11-20(16-32)26(34)29-24-19(2)31(3)33(27(24)35)21-12-5-4-6-13-21/h4-8,10,12-14,20H,9,11,15-17H2,1-3H3,(H,29,34). The van der Waals surface area contributed by atoms with Gasteiger partial charge in [0.1, 0.15) is 5.69 Å². The van der Waals surface area contributed by atoms with E-state index < -0.39 is 0 Å². The van der Waals surface area contributed by atoms with Gasteiger partial charge in [-0.25, -0.2) is 4.68 Å². The summed E-state index contributed by atoms with van der Waals surface area (Å²) < 4.78 is 8.84. The maximum atomic E-state index is 13.2. The number of piperidine rings is 1. The molecular weight excluding hydrogens is 456 g/mol. The van der Waals surface area contributed by atoms with Crippen molar-refractivity contribution in [3.05, 3.63) is 82.1 Å². The summed E-state index contributed by atoms with van der Waals surface area (Å²) in [6.45, 7) is 5.74. The summed E-state index contributed by atoms with van der Waals surface area (Å²) in [7, 11) is 1.82. The van der Waals surface area contributed by atoms with Crippen LogP contribution in [0.3, 0.4) is 0 Å². The molecule has 9 heteroatoms. The molecule has 9 nitrogen and oxygen atoms in total. The van der Waals surface area contributed by atoms with Crippen molar-refractivity contribution in [1.82, 2.24) is 24.4 Å². The Balaban J connectivity index is 1.27. The molecule has 1 N–H and O–H groups in total. The number of para-hydroxylation sites is 1. The Kier molecular flexibility index (Phi) is 6.56. The number of benzene rings is 2. The van der Waals surface area contributed by atoms with Crippen LogP contribution in [0.2, 0.25) is 0 Å². The number of hydrogen-bond donors (Lipinski definition) is 1. The summed E-state index contributed by atoms with van der Waals surface area (Å²) in [6.07, 6.45) is 1.64. The zero-order valence-electron chi connectivity index (χ0n) is 20.8. The Bertz CT molecular complexity index is 1440. The van der Waals surface area contributed by atoms with E-state index in [1.807, 2.05) is 75.5 Å². The molecule has 0 aliphatic carbocycles. The third-order valence-electron chi connectivity index (χ3n) is 6.89. The van der Waals surface area contributed by atoms with Gasteiger partial charge >= 0.3 is 0 Å². The highest BCUT2D eigenvalue weighted by Crippen LogP contribution is 2.23. The van der Waals surface area contributed by atoms with Crippen LogP contribution >= 0.6 is 0 Å². The van der Waals surface area contributed by atoms with Crippen molar-refractivity contribution < 1.29 is 9.32 Å². The summed E-state index contributed by atoms with van der Waals surface area (Å²) >= 11 is 0. The van der Waals surface area contributed by atoms with Crippen LogP contribution in [-0.2, 0) is 18.4 Å². The lowest BCUT2D eigenvalue weighted by molar-refractivity contribution is -0.121. The molecule has 0 radical (unpaired) electrons. The van der Waals surface area contributed by atoms with Crippen LogP contribution in [0, 0.1) is 19.8 Å². The Hall–Kier alpha value is -3.98. The monoisotopic (exact) mass is 486 g/mol. The summed E-state index contributed by atoms with van der Waals surface area (Å²) in [5, 5.41) is 7.07. The number of rotatable bonds is 6. The first-order valence-electron chi connectivity index (χ1n) is 12.2. The van der Waals surface area contributed by atoms with Crippen molar-refractivity contribution in [2.75, 3.05) is 18.4 Å². The van der Waals surface area contributed by atoms with Gasteiger partial charge in [0.2, 0.25) is 17.6 Å². The predicted molar refractivity (Wildman–Crippen MR) is 137 cm³/mol. The first kappa shape index (κ1) is 23.7. The number of nitrogens with one attached hydrogen (secondary N) is 1. The first-order chi connectivity index (χ1) is 17.4. The fourth-order valence-electron chi connectivity index (χ4n) is 4.79. The van der Waals surface area contributed by atoms with E-state index in [2.05, 4.69) is 20.4 Å². The molecule has 1 fully saturated rings. The van der Waals surface area contributed by atoms with Crippen molar-refractivity contribution >= 4 is 11.6 Å². The lowest BCUT2D eigenvalue weighted by Crippen LogP contribution is -2.40. The largest absolute Gasteiger partial charge is 0.338 e. The van der Waals surface area contributed by atoms with E-state index in [1.54, 1.807) is 9.36 Å². The minimum absolute atomic E-state index is 0.142. The van der Waals surface area contributed by atoms with Crippen molar-refractivity contribution in [2.45, 2.75) is 33.2 Å². The lowest BCUT2D eigenvalue weighted by Gasteiger charge is -2.30. The Morgan fingerprint density at radius 1 is 1.11 bits per heavy atom. The molecule has 1 saturated heterocycles. The quantitative estimate of drug-likeness (QED) is 0.446. The highest BCUT2D eigenvalue weighted by atomic mass is 16.5. The number of aromatic nitrogens is 4. The molecule has 3 heterocycles. The Morgan fingerprint density at radius 3 is 2.64 bits per heavy atom. The van der Waals surface area contributed by atoms with Gasteiger partial charge in [-0.1, -0.05) is 47.6 Å². The van der Waals surface area contributed by atoms with Crippen LogP contribution in [0.25, 0.3) is 17.1 Å². The fraction of sp³-hybridized carbons (Fsp3) is 0.333. The van der Waals surface area contributed by atoms with E-state index in [0.29, 0.717) is 36.2 Å². The second kappa shape index (κ2) is 9.94. The fourth-order valence-corrected chi connectivity index (χ4v) is 4.79. The maximum absolute atomic E-state index is 13.2. The van der Waals surface area contributed by atoms with Crippen LogP contribution in [0.15, 0.2) is 63.9 Å². The van der Waals surface area contributed by atoms with Gasteiger partial charge in [-0.15, -0.1) is 0 Å². The lowest BCUT2D eigenvalue weighted by atomic mass is 9.97. The van der Waals surface area contributed by atoms with Gasteiger partial charge in [-0.2, -0.15) is 4.98 Å². The number of nitrogens with zero attached hydrogens (tertiary/aromatic N) is 5. The second-order valence-corrected chi connectivity index (χ2v) is 9.33. The number of anilines is 1. The summed E-state index contributed by atoms with van der Waals surface area (Å²) in [4.78, 5) is 33.1. The molecule has 0 bridgehead atoms. The molecule has 186 valence electrons. The van der Waals surface area contributed by atoms with E-state index in [4.69, 9.17) is 4.52 Å². The first-order valence-corrected chi connectivity index (χ1v) is 12.2. The van der Waals surface area contributed by atoms with Crippen LogP contribution in [0.1, 0.15) is 30.0 Å². The van der Waals surface area contributed by atoms with Gasteiger partial charge < -0.3 is 9.84 Å². The van der Waals surface area contributed by atoms with Gasteiger partial charge in [-0.3, -0.25) is 19.2 Å². The molecule has 5 rings (SSSR count). The van der Waals surface area contributed by atoms with Gasteiger partial charge in [0.25, 0.3) is 5.56 Å². The topological polar surface area (TPSA) is 98.2 Å². The van der Waals surface area contributed by atoms with E-state index in [-0.39, 0.29) is 17.4 Å². The van der Waals surface area contributed by atoms with Crippen molar-refractivity contribution in [3.8, 4) is 17.1 Å². The molecule has 0 saturated carbocycles. The Morgan fingerprint density at radius 2 is 1.86 bits per heavy atom. The third kappa shape index (κ3) is 4.61. The second-order valence-electron chi connectivity index (χ2n) is 9.33. The number of likely N-dealkylation sites (tertiary alicyclic amines) is 1. The van der Waals surface area contributed by atoms with E-state index in [9.17, 15) is 9.59 Å². The van der Waals surface area contributed by atoms with Crippen LogP contribution < -0.4 is 10.9 Å². The van der Waals surface area contributed by atoms with E-state index in [0.717, 1.165) is 36.2 Å². The molecule has 1 aliphatic heterocycles. The van der Waals surface area contributed by atoms with Crippen molar-refractivity contribution in [1.29, 1.82) is 0 Å². The zero-order valence-corrected chi connectivity index (χ0v) is 20.8. The number of carbonyl (C=O) groups excluding carboxylic acids is 1. The van der Waals surface area contributed by atoms with E-state index in [1.165, 1.54) is 0 Å². The van der Waals surface area contributed by atoms with Crippen LogP contribution in [0.5, 0.6) is 0 Å². The molecule has 36 heavy (non-hydrogen) atoms. The molecular formula is C27H30N6O3. The smallest absolute Gasteiger partial charge is 0.295 e. The summed E-state index contributed by atoms with van der Waals surface area (Å²) in [5.74, 6) is 0.723. The minimum atomic E-state index is -0.239. The maximum Gasteiger partial charge on any atom is 0.295 e. The number of carbonyl (C=O) groups is 1. The average molecular weight is 487 g/mol. The van der Waals surface area contributed by atoms with Gasteiger partial charge in [0.05, 0.1) is 23.8 Å². The predicted octanol–water partition coefficient (Wildman–Crippen LogP) is 3.69. The van der Waals surface area contributed by atoms with Crippen LogP contribution in [0.4, 0.5) is 5.69 Å². The SMILES string of the molecule is Cc1ccccc1-c1noc(CN2CCCC(C(=O)Nc3c(C)n(C)n(-c4ccccc4)c3=O)C2)n1. The minimum Gasteiger partial charge on any atom is -0.338 e. The highest BCUT2D eigenvalue weighted by molar-refractivity contribution is 5.93. The van der Waals surface area contributed by atoms with Crippen LogP contribution in [-0.4, -0.2) is 43.4 Å². The van der Waals surface area contributed by atoms with Gasteiger partial charge in [0.15, 0.2) is 0 Å². The average Bonchev–Trinajstić information content (AvgIpc) is 3.43. The van der Waals surface area contributed by atoms with Crippen molar-refractivity contribution in [3.63, 3.8) is 0 Å². The molecule has 4 aromatic rings. The zero-order chi connectivity index (χ0) is 25.2. The number of amides is 1. The van der Waals surface area contributed by atoms with E-state index >= 15 is 0 Å². The third-order valence-corrected chi connectivity index (χ3v) is 6.89. The molecule has 2 aromatic carbocycles. The molecule has 1 aliphatic rings. The summed E-state index contributed by atoms with van der Waals surface area (Å²) in [5.41, 5.74) is 3.58. The molecule has 0 spiro atoms. The molecule has 1 unspecified atom stereocenters. The highest BCUT2D eigenvalue weighted by Gasteiger charge is 2.29. The summed E-state index contributed by atoms with van der Waals surface area (Å²) in [6, 6.07) is 17.3. The Labute approximate surface area is 209 Å². The molecule has 1 amide bonds. The van der Waals surface area contributed by atoms with Crippen molar-refractivity contribution in [2.24, 2.45) is 13.0 Å². The molecule has 2 aromatic heterocycles. The van der Waals surface area contributed by atoms with Gasteiger partial charge in [0, 0.05) is 19.2 Å². The van der Waals surface area contributed by atoms with Gasteiger partial charge in [-0.05, 0) is 50.9 Å². The molecule has 1 atom stereocenters. The normalized spacial score (nSPS) is 16.2. The number of aryl methyl sites for hydroxylation is 1.